The van der Waals surface area contributed by atoms with Crippen molar-refractivity contribution in [2.24, 2.45) is 0 Å². The Morgan fingerprint density at radius 1 is 1.36 bits per heavy atom. The Morgan fingerprint density at radius 3 is 2.95 bits per heavy atom. The number of rotatable bonds is 4. The van der Waals surface area contributed by atoms with Crippen LogP contribution in [0.2, 0.25) is 10.0 Å². The van der Waals surface area contributed by atoms with E-state index in [-0.39, 0.29) is 18.0 Å². The minimum Gasteiger partial charge on any atom is -0.368 e. The van der Waals surface area contributed by atoms with E-state index < -0.39 is 0 Å². The van der Waals surface area contributed by atoms with Crippen LogP contribution in [0.25, 0.3) is 0 Å². The Morgan fingerprint density at radius 2 is 2.23 bits per heavy atom. The number of nitrogens with one attached hydrogen (secondary N) is 3. The highest BCUT2D eigenvalue weighted by Crippen LogP contribution is 2.31. The first-order valence-corrected chi connectivity index (χ1v) is 8.35. The van der Waals surface area contributed by atoms with Crippen molar-refractivity contribution in [2.45, 2.75) is 31.3 Å². The number of hydrazine groups is 1. The first-order valence-electron chi connectivity index (χ1n) is 7.59. The molecule has 2 atom stereocenters. The summed E-state index contributed by atoms with van der Waals surface area (Å²) in [6, 6.07) is 5.94. The van der Waals surface area contributed by atoms with E-state index >= 15 is 0 Å². The molecule has 2 fully saturated rings. The third kappa shape index (κ3) is 3.84. The van der Waals surface area contributed by atoms with E-state index in [0.29, 0.717) is 16.5 Å². The maximum atomic E-state index is 12.1. The summed E-state index contributed by atoms with van der Waals surface area (Å²) in [5, 5.41) is 4.41. The highest BCUT2D eigenvalue weighted by atomic mass is 35.5. The number of halogens is 2. The molecule has 0 aliphatic carbocycles. The SMILES string of the molecule is O=C(CC1CCNN1)NC1CCN(c2ccc(Cl)cc2Cl)C1. The normalized spacial score (nSPS) is 24.7. The van der Waals surface area contributed by atoms with Crippen LogP contribution in [0.15, 0.2) is 18.2 Å². The fourth-order valence-electron chi connectivity index (χ4n) is 3.03. The molecule has 5 nitrogen and oxygen atoms in total. The second kappa shape index (κ2) is 7.04. The predicted octanol–water partition coefficient (Wildman–Crippen LogP) is 1.94. The van der Waals surface area contributed by atoms with Crippen molar-refractivity contribution in [1.82, 2.24) is 16.2 Å². The Hall–Kier alpha value is -1.01. The van der Waals surface area contributed by atoms with Crippen molar-refractivity contribution in [3.05, 3.63) is 28.2 Å². The molecule has 3 rings (SSSR count). The monoisotopic (exact) mass is 342 g/mol. The van der Waals surface area contributed by atoms with Crippen molar-refractivity contribution in [3.63, 3.8) is 0 Å². The van der Waals surface area contributed by atoms with Gasteiger partial charge in [0.15, 0.2) is 0 Å². The first-order chi connectivity index (χ1) is 10.6. The molecule has 0 radical (unpaired) electrons. The van der Waals surface area contributed by atoms with Crippen LogP contribution >= 0.6 is 23.2 Å². The van der Waals surface area contributed by atoms with Crippen molar-refractivity contribution < 1.29 is 4.79 Å². The van der Waals surface area contributed by atoms with E-state index in [1.165, 1.54) is 0 Å². The second-order valence-corrected chi connectivity index (χ2v) is 6.70. The fourth-order valence-corrected chi connectivity index (χ4v) is 3.56. The second-order valence-electron chi connectivity index (χ2n) is 5.86. The quantitative estimate of drug-likeness (QED) is 0.782. The smallest absolute Gasteiger partial charge is 0.221 e. The van der Waals surface area contributed by atoms with Gasteiger partial charge in [0, 0.05) is 43.2 Å². The van der Waals surface area contributed by atoms with Gasteiger partial charge < -0.3 is 10.2 Å². The summed E-state index contributed by atoms with van der Waals surface area (Å²) in [6.45, 7) is 2.59. The topological polar surface area (TPSA) is 56.4 Å². The summed E-state index contributed by atoms with van der Waals surface area (Å²) in [5.74, 6) is 0.107. The van der Waals surface area contributed by atoms with Crippen LogP contribution in [0.1, 0.15) is 19.3 Å². The zero-order chi connectivity index (χ0) is 15.5. The maximum absolute atomic E-state index is 12.1. The molecule has 2 aliphatic rings. The number of benzene rings is 1. The summed E-state index contributed by atoms with van der Waals surface area (Å²) in [7, 11) is 0. The van der Waals surface area contributed by atoms with Gasteiger partial charge in [-0.05, 0) is 31.0 Å². The predicted molar refractivity (Wildman–Crippen MR) is 89.4 cm³/mol. The molecule has 22 heavy (non-hydrogen) atoms. The molecule has 120 valence electrons. The Labute approximate surface area is 140 Å². The van der Waals surface area contributed by atoms with Gasteiger partial charge in [0.25, 0.3) is 0 Å². The minimum atomic E-state index is 0.107. The first kappa shape index (κ1) is 15.9. The molecular weight excluding hydrogens is 323 g/mol. The molecule has 2 unspecified atom stereocenters. The van der Waals surface area contributed by atoms with Gasteiger partial charge in [0.05, 0.1) is 10.7 Å². The molecule has 1 aromatic rings. The number of anilines is 1. The highest BCUT2D eigenvalue weighted by molar-refractivity contribution is 6.36. The summed E-state index contributed by atoms with van der Waals surface area (Å²) < 4.78 is 0. The van der Waals surface area contributed by atoms with Gasteiger partial charge in [0.1, 0.15) is 0 Å². The van der Waals surface area contributed by atoms with Crippen molar-refractivity contribution in [1.29, 1.82) is 0 Å². The molecular formula is C15H20Cl2N4O. The molecule has 3 N–H and O–H groups in total. The van der Waals surface area contributed by atoms with E-state index in [9.17, 15) is 4.79 Å². The van der Waals surface area contributed by atoms with E-state index in [0.717, 1.165) is 38.2 Å². The molecule has 0 spiro atoms. The third-order valence-electron chi connectivity index (χ3n) is 4.16. The zero-order valence-electron chi connectivity index (χ0n) is 12.2. The molecule has 2 heterocycles. The van der Waals surface area contributed by atoms with Crippen LogP contribution in [0.5, 0.6) is 0 Å². The van der Waals surface area contributed by atoms with Gasteiger partial charge in [-0.25, -0.2) is 0 Å². The van der Waals surface area contributed by atoms with E-state index in [1.54, 1.807) is 6.07 Å². The van der Waals surface area contributed by atoms with E-state index in [2.05, 4.69) is 21.1 Å². The molecule has 0 saturated carbocycles. The lowest BCUT2D eigenvalue weighted by Crippen LogP contribution is -2.40. The Kier molecular flexibility index (Phi) is 5.08. The molecule has 1 aromatic carbocycles. The number of hydrogen-bond acceptors (Lipinski definition) is 4. The number of nitrogens with zero attached hydrogens (tertiary/aromatic N) is 1. The zero-order valence-corrected chi connectivity index (χ0v) is 13.8. The average Bonchev–Trinajstić information content (AvgIpc) is 3.10. The maximum Gasteiger partial charge on any atom is 0.221 e. The number of amides is 1. The van der Waals surface area contributed by atoms with Gasteiger partial charge in [-0.1, -0.05) is 23.2 Å². The third-order valence-corrected chi connectivity index (χ3v) is 4.70. The Bertz CT molecular complexity index is 548. The number of carbonyl (C=O) groups is 1. The summed E-state index contributed by atoms with van der Waals surface area (Å²) in [5.41, 5.74) is 7.13. The fraction of sp³-hybridized carbons (Fsp3) is 0.533. The summed E-state index contributed by atoms with van der Waals surface area (Å²) in [4.78, 5) is 14.3. The standard InChI is InChI=1S/C15H20Cl2N4O/c16-10-1-2-14(13(17)7-10)21-6-4-12(9-21)19-15(22)8-11-3-5-18-20-11/h1-2,7,11-12,18,20H,3-6,8-9H2,(H,19,22). The molecule has 1 amide bonds. The lowest BCUT2D eigenvalue weighted by atomic mass is 10.1. The number of carbonyl (C=O) groups excluding carboxylic acids is 1. The molecule has 7 heteroatoms. The van der Waals surface area contributed by atoms with Gasteiger partial charge in [-0.15, -0.1) is 0 Å². The molecule has 0 bridgehead atoms. The van der Waals surface area contributed by atoms with Gasteiger partial charge in [-0.3, -0.25) is 15.6 Å². The van der Waals surface area contributed by atoms with Gasteiger partial charge in [-0.2, -0.15) is 0 Å². The van der Waals surface area contributed by atoms with Crippen LogP contribution in [0.4, 0.5) is 5.69 Å². The Balaban J connectivity index is 1.52. The summed E-state index contributed by atoms with van der Waals surface area (Å²) >= 11 is 12.2. The molecule has 2 aliphatic heterocycles. The van der Waals surface area contributed by atoms with Crippen LogP contribution < -0.4 is 21.1 Å². The van der Waals surface area contributed by atoms with Crippen molar-refractivity contribution in [3.8, 4) is 0 Å². The van der Waals surface area contributed by atoms with Crippen LogP contribution in [0.3, 0.4) is 0 Å². The van der Waals surface area contributed by atoms with Crippen LogP contribution in [-0.2, 0) is 4.79 Å². The van der Waals surface area contributed by atoms with Gasteiger partial charge >= 0.3 is 0 Å². The summed E-state index contributed by atoms with van der Waals surface area (Å²) in [6.07, 6.45) is 2.44. The molecule has 0 aromatic heterocycles. The van der Waals surface area contributed by atoms with Crippen molar-refractivity contribution >= 4 is 34.8 Å². The number of hydrogen-bond donors (Lipinski definition) is 3. The lowest BCUT2D eigenvalue weighted by Gasteiger charge is -2.20. The van der Waals surface area contributed by atoms with Crippen LogP contribution in [0, 0.1) is 0 Å². The lowest BCUT2D eigenvalue weighted by molar-refractivity contribution is -0.122. The minimum absolute atomic E-state index is 0.107. The van der Waals surface area contributed by atoms with Crippen molar-refractivity contribution in [2.75, 3.05) is 24.5 Å². The van der Waals surface area contributed by atoms with E-state index in [4.69, 9.17) is 23.2 Å². The highest BCUT2D eigenvalue weighted by Gasteiger charge is 2.26. The van der Waals surface area contributed by atoms with Crippen LogP contribution in [-0.4, -0.2) is 37.6 Å². The van der Waals surface area contributed by atoms with E-state index in [1.807, 2.05) is 12.1 Å². The largest absolute Gasteiger partial charge is 0.368 e. The average molecular weight is 343 g/mol. The molecule has 2 saturated heterocycles. The van der Waals surface area contributed by atoms with Gasteiger partial charge in [0.2, 0.25) is 5.91 Å².